The molecule has 282 valence electrons. The third-order valence-corrected chi connectivity index (χ3v) is 12.5. The number of ketones is 1. The molecule has 1 spiro atoms. The summed E-state index contributed by atoms with van der Waals surface area (Å²) in [7, 11) is 5.58. The molecule has 0 bridgehead atoms. The van der Waals surface area contributed by atoms with Crippen LogP contribution in [0, 0.1) is 29.6 Å². The summed E-state index contributed by atoms with van der Waals surface area (Å²) in [5.41, 5.74) is -3.59. The number of Topliss-reactive ketones (excluding diaryl/α,β-unsaturated/α-hetero) is 1. The molecule has 8 unspecified atom stereocenters. The van der Waals surface area contributed by atoms with Gasteiger partial charge in [-0.2, -0.15) is 0 Å². The van der Waals surface area contributed by atoms with Gasteiger partial charge in [0, 0.05) is 37.3 Å². The van der Waals surface area contributed by atoms with E-state index in [0.29, 0.717) is 6.42 Å². The predicted octanol–water partition coefficient (Wildman–Crippen LogP) is 2.40. The lowest BCUT2D eigenvalue weighted by molar-refractivity contribution is -0.421. The SMILES string of the molecule is CC[C@H]1OC(=O)[C@H]2[C@@H](OC23CC2(OC)OC2C(C)O3)[C@H](C)[C@@H](OC2CC(N(C)C)C(C)C(C)O2)[C@@](C)(O)C[C@@H](C)C(=O)[C@H](C)[C@@H](O)[C@]1(C)O. The number of methoxy groups -OCH3 is 1. The van der Waals surface area contributed by atoms with Crippen molar-refractivity contribution in [2.45, 2.75) is 166 Å². The molecule has 0 aromatic rings. The summed E-state index contributed by atoms with van der Waals surface area (Å²) < 4.78 is 43.9. The van der Waals surface area contributed by atoms with Crippen LogP contribution in [-0.2, 0) is 42.7 Å². The number of carbonyl (C=O) groups excluding carboxylic acids is 2. The number of esters is 1. The lowest BCUT2D eigenvalue weighted by Gasteiger charge is -2.59. The van der Waals surface area contributed by atoms with Gasteiger partial charge >= 0.3 is 5.97 Å². The Labute approximate surface area is 291 Å². The van der Waals surface area contributed by atoms with Gasteiger partial charge in [0.1, 0.15) is 29.5 Å². The summed E-state index contributed by atoms with van der Waals surface area (Å²) in [4.78, 5) is 30.4. The Morgan fingerprint density at radius 1 is 0.959 bits per heavy atom. The van der Waals surface area contributed by atoms with E-state index in [2.05, 4.69) is 11.8 Å². The second-order valence-electron chi connectivity index (χ2n) is 16.4. The molecule has 0 radical (unpaired) electrons. The lowest BCUT2D eigenvalue weighted by atomic mass is 9.69. The van der Waals surface area contributed by atoms with Gasteiger partial charge in [-0.1, -0.05) is 34.6 Å². The molecule has 5 aliphatic rings. The topological polar surface area (TPSA) is 166 Å². The highest BCUT2D eigenvalue weighted by atomic mass is 16.8. The Hall–Kier alpha value is -1.26. The number of carbonyl (C=O) groups is 2. The van der Waals surface area contributed by atoms with Crippen molar-refractivity contribution in [1.82, 2.24) is 4.90 Å². The highest BCUT2D eigenvalue weighted by molar-refractivity contribution is 5.83. The molecule has 13 nitrogen and oxygen atoms in total. The molecular weight excluding hydrogens is 638 g/mol. The average molecular weight is 700 g/mol. The number of hydrogen-bond donors (Lipinski definition) is 3. The third kappa shape index (κ3) is 6.75. The molecule has 5 fully saturated rings. The molecular formula is C36H61NO12. The van der Waals surface area contributed by atoms with E-state index < -0.39 is 89.2 Å². The largest absolute Gasteiger partial charge is 0.459 e. The third-order valence-electron chi connectivity index (χ3n) is 12.5. The molecule has 13 heteroatoms. The molecule has 5 rings (SSSR count). The van der Waals surface area contributed by atoms with Crippen LogP contribution in [0.1, 0.15) is 88.0 Å². The average Bonchev–Trinajstić information content (AvgIpc) is 3.76. The number of cyclic esters (lactones) is 1. The number of ether oxygens (including phenoxy) is 7. The number of nitrogens with zero attached hydrogens (tertiary/aromatic N) is 1. The normalized spacial score (nSPS) is 54.0. The zero-order chi connectivity index (χ0) is 36.6. The summed E-state index contributed by atoms with van der Waals surface area (Å²) in [6.45, 7) is 15.8. The van der Waals surface area contributed by atoms with Crippen LogP contribution in [0.25, 0.3) is 0 Å². The lowest BCUT2D eigenvalue weighted by Crippen LogP contribution is -2.73. The highest BCUT2D eigenvalue weighted by Gasteiger charge is 2.76. The Balaban J connectivity index is 1.57. The molecule has 18 atom stereocenters. The van der Waals surface area contributed by atoms with E-state index in [4.69, 9.17) is 33.2 Å². The van der Waals surface area contributed by atoms with Gasteiger partial charge in [0.15, 0.2) is 12.1 Å². The molecule has 0 aliphatic carbocycles. The van der Waals surface area contributed by atoms with Crippen LogP contribution in [0.15, 0.2) is 0 Å². The van der Waals surface area contributed by atoms with Crippen molar-refractivity contribution in [1.29, 1.82) is 0 Å². The Bertz CT molecular complexity index is 1230. The second kappa shape index (κ2) is 13.6. The summed E-state index contributed by atoms with van der Waals surface area (Å²) >= 11 is 0. The van der Waals surface area contributed by atoms with E-state index in [1.165, 1.54) is 6.92 Å². The van der Waals surface area contributed by atoms with Crippen molar-refractivity contribution in [2.24, 2.45) is 29.6 Å². The van der Waals surface area contributed by atoms with E-state index in [1.54, 1.807) is 34.8 Å². The fraction of sp³-hybridized carbons (Fsp3) is 0.944. The fourth-order valence-corrected chi connectivity index (χ4v) is 9.35. The molecule has 49 heavy (non-hydrogen) atoms. The molecule has 0 amide bonds. The maximum absolute atomic E-state index is 14.4. The maximum atomic E-state index is 14.4. The highest BCUT2D eigenvalue weighted by Crippen LogP contribution is 2.60. The van der Waals surface area contributed by atoms with Gasteiger partial charge in [-0.25, -0.2) is 0 Å². The van der Waals surface area contributed by atoms with Gasteiger partial charge in [0.2, 0.25) is 5.79 Å². The first-order chi connectivity index (χ1) is 22.7. The summed E-state index contributed by atoms with van der Waals surface area (Å²) in [5.74, 6) is -6.72. The van der Waals surface area contributed by atoms with Crippen LogP contribution in [-0.4, -0.2) is 131 Å². The van der Waals surface area contributed by atoms with Crippen LogP contribution < -0.4 is 0 Å². The molecule has 0 aromatic heterocycles. The number of aliphatic hydroxyl groups excluding tert-OH is 1. The minimum absolute atomic E-state index is 0.0180. The first-order valence-corrected chi connectivity index (χ1v) is 18.1. The quantitative estimate of drug-likeness (QED) is 0.283. The van der Waals surface area contributed by atoms with Gasteiger partial charge in [0.25, 0.3) is 0 Å². The number of hydrogen-bond acceptors (Lipinski definition) is 13. The Morgan fingerprint density at radius 3 is 2.20 bits per heavy atom. The fourth-order valence-electron chi connectivity index (χ4n) is 9.35. The monoisotopic (exact) mass is 699 g/mol. The Kier molecular flexibility index (Phi) is 10.8. The molecule has 5 heterocycles. The number of epoxide rings is 1. The molecule has 0 saturated carbocycles. The predicted molar refractivity (Wildman–Crippen MR) is 176 cm³/mol. The zero-order valence-corrected chi connectivity index (χ0v) is 31.4. The molecule has 0 aromatic carbocycles. The van der Waals surface area contributed by atoms with Crippen molar-refractivity contribution in [3.63, 3.8) is 0 Å². The number of rotatable bonds is 5. The molecule has 3 N–H and O–H groups in total. The summed E-state index contributed by atoms with van der Waals surface area (Å²) in [6, 6.07) is 0.147. The minimum atomic E-state index is -1.97. The maximum Gasteiger partial charge on any atom is 0.317 e. The van der Waals surface area contributed by atoms with Gasteiger partial charge in [-0.15, -0.1) is 0 Å². The van der Waals surface area contributed by atoms with Crippen LogP contribution >= 0.6 is 0 Å². The smallest absolute Gasteiger partial charge is 0.317 e. The number of aliphatic hydroxyl groups is 3. The van der Waals surface area contributed by atoms with E-state index >= 15 is 0 Å². The second-order valence-corrected chi connectivity index (χ2v) is 16.4. The van der Waals surface area contributed by atoms with Crippen molar-refractivity contribution in [3.8, 4) is 0 Å². The van der Waals surface area contributed by atoms with Crippen LogP contribution in [0.2, 0.25) is 0 Å². The molecule has 5 saturated heterocycles. The van der Waals surface area contributed by atoms with Crippen molar-refractivity contribution in [3.05, 3.63) is 0 Å². The Morgan fingerprint density at radius 2 is 1.61 bits per heavy atom. The van der Waals surface area contributed by atoms with E-state index in [0.717, 1.165) is 0 Å². The van der Waals surface area contributed by atoms with E-state index in [-0.39, 0.29) is 49.2 Å². The van der Waals surface area contributed by atoms with Crippen LogP contribution in [0.5, 0.6) is 0 Å². The summed E-state index contributed by atoms with van der Waals surface area (Å²) in [6.07, 6.45) is -5.39. The molecule has 5 aliphatic heterocycles. The van der Waals surface area contributed by atoms with Crippen molar-refractivity contribution in [2.75, 3.05) is 21.2 Å². The van der Waals surface area contributed by atoms with Crippen LogP contribution in [0.4, 0.5) is 0 Å². The van der Waals surface area contributed by atoms with Crippen LogP contribution in [0.3, 0.4) is 0 Å². The first-order valence-electron chi connectivity index (χ1n) is 18.1. The minimum Gasteiger partial charge on any atom is -0.459 e. The standard InChI is InChI=1S/C36H61NO12/c1-13-24-34(9,42)29(39)19(4)27(38)17(2)15-33(8,41)30(46-25-14-23(37(10)11)18(3)21(6)44-25)20(5)28-26(32(40)45-24)35(48-28)16-36(43-12)31(49-36)22(7)47-35/h17-26,28-31,39,41-42H,13-16H2,1-12H3/t17-,18?,19+,20+,21?,22?,23?,24-,25?,26-,28+,29-,30-,31?,33+,34-,35?,36?/m1/s1. The summed E-state index contributed by atoms with van der Waals surface area (Å²) in [5, 5.41) is 35.4. The zero-order valence-electron chi connectivity index (χ0n) is 31.4. The first kappa shape index (κ1) is 39.0. The van der Waals surface area contributed by atoms with Gasteiger partial charge in [0.05, 0.1) is 42.5 Å². The van der Waals surface area contributed by atoms with Gasteiger partial charge < -0.3 is 53.4 Å². The number of fused-ring (bicyclic) bond motifs is 3. The van der Waals surface area contributed by atoms with E-state index in [9.17, 15) is 24.9 Å². The van der Waals surface area contributed by atoms with E-state index in [1.807, 2.05) is 34.9 Å². The van der Waals surface area contributed by atoms with Crippen molar-refractivity contribution < 1.29 is 58.1 Å². The van der Waals surface area contributed by atoms with Crippen molar-refractivity contribution >= 4 is 11.8 Å². The van der Waals surface area contributed by atoms with Gasteiger partial charge in [-0.3, -0.25) is 9.59 Å². The van der Waals surface area contributed by atoms with Gasteiger partial charge in [-0.05, 0) is 60.5 Å².